The van der Waals surface area contributed by atoms with E-state index >= 15 is 0 Å². The van der Waals surface area contributed by atoms with E-state index in [4.69, 9.17) is 34.8 Å². The van der Waals surface area contributed by atoms with Gasteiger partial charge in [0.05, 0.1) is 21.1 Å². The number of halogens is 4. The van der Waals surface area contributed by atoms with Crippen molar-refractivity contribution in [3.63, 3.8) is 0 Å². The van der Waals surface area contributed by atoms with Crippen LogP contribution < -0.4 is 4.90 Å². The summed E-state index contributed by atoms with van der Waals surface area (Å²) in [5.41, 5.74) is 0.127. The Labute approximate surface area is 107 Å². The molecular weight excluding hydrogens is 275 g/mol. The Bertz CT molecular complexity index is 452. The number of benzene rings is 1. The van der Waals surface area contributed by atoms with Gasteiger partial charge in [0.1, 0.15) is 0 Å². The van der Waals surface area contributed by atoms with Gasteiger partial charge in [0.2, 0.25) is 5.91 Å². The second kappa shape index (κ2) is 4.40. The third kappa shape index (κ3) is 1.99. The number of alkyl halides is 1. The Morgan fingerprint density at radius 2 is 2.06 bits per heavy atom. The molecule has 1 heterocycles. The van der Waals surface area contributed by atoms with Crippen LogP contribution in [0.15, 0.2) is 12.1 Å². The van der Waals surface area contributed by atoms with Crippen LogP contribution in [0.5, 0.6) is 0 Å². The predicted molar refractivity (Wildman–Crippen MR) is 63.0 cm³/mol. The zero-order valence-electron chi connectivity index (χ0n) is 8.01. The fraction of sp³-hybridized carbons (Fsp3) is 0.300. The van der Waals surface area contributed by atoms with Crippen LogP contribution in [0.25, 0.3) is 0 Å². The molecule has 0 aromatic heterocycles. The number of nitrogens with zero attached hydrogens (tertiary/aromatic N) is 1. The maximum atomic E-state index is 13.8. The maximum Gasteiger partial charge on any atom is 0.228 e. The van der Waals surface area contributed by atoms with Crippen LogP contribution in [-0.2, 0) is 4.79 Å². The molecule has 0 radical (unpaired) electrons. The number of rotatable bonds is 1. The van der Waals surface area contributed by atoms with Gasteiger partial charge in [-0.15, -0.1) is 11.6 Å². The highest BCUT2D eigenvalue weighted by Crippen LogP contribution is 2.34. The summed E-state index contributed by atoms with van der Waals surface area (Å²) in [5, 5.41) is -0.344. The van der Waals surface area contributed by atoms with Crippen molar-refractivity contribution in [2.24, 2.45) is 0 Å². The molecule has 6 heteroatoms. The second-order valence-corrected chi connectivity index (χ2v) is 4.90. The van der Waals surface area contributed by atoms with Gasteiger partial charge in [0.15, 0.2) is 5.82 Å². The highest BCUT2D eigenvalue weighted by Gasteiger charge is 2.31. The van der Waals surface area contributed by atoms with E-state index in [0.717, 1.165) is 0 Å². The fourth-order valence-corrected chi connectivity index (χ4v) is 2.20. The summed E-state index contributed by atoms with van der Waals surface area (Å²) in [6, 6.07) is 2.88. The average Bonchev–Trinajstić information content (AvgIpc) is 2.55. The molecule has 86 valence electrons. The molecule has 0 spiro atoms. The molecule has 0 aliphatic carbocycles. The number of carbonyl (C=O) groups excluding carboxylic acids is 1. The lowest BCUT2D eigenvalue weighted by Gasteiger charge is -2.17. The van der Waals surface area contributed by atoms with Gasteiger partial charge in [0, 0.05) is 13.0 Å². The first-order valence-corrected chi connectivity index (χ1v) is 5.78. The summed E-state index contributed by atoms with van der Waals surface area (Å²) >= 11 is 17.2. The molecule has 2 nitrogen and oxygen atoms in total. The molecule has 2 rings (SSSR count). The monoisotopic (exact) mass is 281 g/mol. The van der Waals surface area contributed by atoms with Crippen molar-refractivity contribution in [2.45, 2.75) is 11.8 Å². The molecule has 1 aromatic rings. The number of amides is 1. The van der Waals surface area contributed by atoms with Gasteiger partial charge in [0.25, 0.3) is 0 Å². The Hall–Kier alpha value is -0.510. The largest absolute Gasteiger partial charge is 0.308 e. The minimum absolute atomic E-state index is 0.122. The summed E-state index contributed by atoms with van der Waals surface area (Å²) in [5.74, 6) is -0.898. The van der Waals surface area contributed by atoms with Crippen LogP contribution in [-0.4, -0.2) is 17.8 Å². The molecule has 1 fully saturated rings. The molecule has 1 aliphatic heterocycles. The highest BCUT2D eigenvalue weighted by molar-refractivity contribution is 6.42. The van der Waals surface area contributed by atoms with Crippen molar-refractivity contribution < 1.29 is 9.18 Å². The van der Waals surface area contributed by atoms with Crippen LogP contribution in [0.2, 0.25) is 10.0 Å². The first kappa shape index (κ1) is 12.0. The lowest BCUT2D eigenvalue weighted by Crippen LogP contribution is -2.25. The normalized spacial score (nSPS) is 20.6. The van der Waals surface area contributed by atoms with Gasteiger partial charge in [-0.05, 0) is 12.1 Å². The van der Waals surface area contributed by atoms with Crippen molar-refractivity contribution in [2.75, 3.05) is 11.4 Å². The molecule has 16 heavy (non-hydrogen) atoms. The quantitative estimate of drug-likeness (QED) is 0.570. The molecule has 0 bridgehead atoms. The zero-order valence-corrected chi connectivity index (χ0v) is 10.3. The summed E-state index contributed by atoms with van der Waals surface area (Å²) in [4.78, 5) is 12.8. The third-order valence-electron chi connectivity index (χ3n) is 2.38. The van der Waals surface area contributed by atoms with E-state index < -0.39 is 5.82 Å². The number of hydrogen-bond acceptors (Lipinski definition) is 1. The fourth-order valence-electron chi connectivity index (χ4n) is 1.62. The smallest absolute Gasteiger partial charge is 0.228 e. The van der Waals surface area contributed by atoms with Gasteiger partial charge in [-0.2, -0.15) is 0 Å². The molecule has 1 aliphatic rings. The first-order valence-electron chi connectivity index (χ1n) is 4.58. The van der Waals surface area contributed by atoms with Crippen LogP contribution in [0.1, 0.15) is 6.42 Å². The number of hydrogen-bond donors (Lipinski definition) is 0. The van der Waals surface area contributed by atoms with Gasteiger partial charge >= 0.3 is 0 Å². The Morgan fingerprint density at radius 1 is 1.38 bits per heavy atom. The maximum absolute atomic E-state index is 13.8. The zero-order chi connectivity index (χ0) is 11.9. The minimum atomic E-state index is -0.687. The van der Waals surface area contributed by atoms with E-state index in [-0.39, 0.29) is 40.0 Å². The topological polar surface area (TPSA) is 20.3 Å². The van der Waals surface area contributed by atoms with Crippen LogP contribution in [0.4, 0.5) is 10.1 Å². The van der Waals surface area contributed by atoms with Crippen molar-refractivity contribution >= 4 is 46.4 Å². The van der Waals surface area contributed by atoms with Crippen molar-refractivity contribution in [3.8, 4) is 0 Å². The Balaban J connectivity index is 2.42. The van der Waals surface area contributed by atoms with Gasteiger partial charge in [-0.1, -0.05) is 23.2 Å². The standard InChI is InChI=1S/C10H7Cl3FNO/c11-5-3-8(16)15(4-5)7-2-1-6(12)9(13)10(7)14/h1-2,5H,3-4H2. The van der Waals surface area contributed by atoms with E-state index in [1.54, 1.807) is 0 Å². The SMILES string of the molecule is O=C1CC(Cl)CN1c1ccc(Cl)c(Cl)c1F. The summed E-state index contributed by atoms with van der Waals surface area (Å²) in [6.07, 6.45) is 0.210. The predicted octanol–water partition coefficient (Wildman–Crippen LogP) is 3.48. The first-order chi connectivity index (χ1) is 7.50. The van der Waals surface area contributed by atoms with E-state index in [9.17, 15) is 9.18 Å². The molecule has 1 atom stereocenters. The van der Waals surface area contributed by atoms with Gasteiger partial charge in [-0.3, -0.25) is 4.79 Å². The van der Waals surface area contributed by atoms with Gasteiger partial charge in [-0.25, -0.2) is 4.39 Å². The van der Waals surface area contributed by atoms with Crippen molar-refractivity contribution in [1.82, 2.24) is 0 Å². The van der Waals surface area contributed by atoms with E-state index in [0.29, 0.717) is 0 Å². The summed E-state index contributed by atoms with van der Waals surface area (Å²) in [6.45, 7) is 0.287. The summed E-state index contributed by atoms with van der Waals surface area (Å²) < 4.78 is 13.8. The molecule has 1 saturated heterocycles. The minimum Gasteiger partial charge on any atom is -0.308 e. The highest BCUT2D eigenvalue weighted by atomic mass is 35.5. The Kier molecular flexibility index (Phi) is 3.29. The lowest BCUT2D eigenvalue weighted by molar-refractivity contribution is -0.117. The van der Waals surface area contributed by atoms with Crippen molar-refractivity contribution in [1.29, 1.82) is 0 Å². The van der Waals surface area contributed by atoms with Crippen LogP contribution >= 0.6 is 34.8 Å². The molecule has 0 N–H and O–H groups in total. The molecular formula is C10H7Cl3FNO. The average molecular weight is 283 g/mol. The van der Waals surface area contributed by atoms with E-state index in [1.165, 1.54) is 17.0 Å². The summed E-state index contributed by atoms with van der Waals surface area (Å²) in [7, 11) is 0. The van der Waals surface area contributed by atoms with Crippen molar-refractivity contribution in [3.05, 3.63) is 28.0 Å². The second-order valence-electron chi connectivity index (χ2n) is 3.50. The number of anilines is 1. The Morgan fingerprint density at radius 3 is 2.62 bits per heavy atom. The third-order valence-corrected chi connectivity index (χ3v) is 3.46. The van der Waals surface area contributed by atoms with E-state index in [2.05, 4.69) is 0 Å². The molecule has 0 saturated carbocycles. The number of carbonyl (C=O) groups is 1. The molecule has 1 aromatic carbocycles. The van der Waals surface area contributed by atoms with Crippen LogP contribution in [0, 0.1) is 5.82 Å². The molecule has 1 unspecified atom stereocenters. The molecule has 1 amide bonds. The van der Waals surface area contributed by atoms with E-state index in [1.807, 2.05) is 0 Å². The van der Waals surface area contributed by atoms with Crippen LogP contribution in [0.3, 0.4) is 0 Å². The lowest BCUT2D eigenvalue weighted by atomic mass is 10.3. The van der Waals surface area contributed by atoms with Gasteiger partial charge < -0.3 is 4.90 Å².